The Bertz CT molecular complexity index is 818. The van der Waals surface area contributed by atoms with Crippen LogP contribution in [0.15, 0.2) is 48.5 Å². The number of carbonyl (C=O) groups is 1. The number of nitrogens with two attached hydrogens (primary N) is 1. The zero-order valence-corrected chi connectivity index (χ0v) is 20.0. The minimum Gasteiger partial charge on any atom is -0.376 e. The number of ether oxygens (including phenoxy) is 2. The van der Waals surface area contributed by atoms with E-state index in [2.05, 4.69) is 31.6 Å². The van der Waals surface area contributed by atoms with E-state index in [0.717, 1.165) is 50.0 Å². The Labute approximate surface area is 198 Å². The number of hydrogen-bond donors (Lipinski definition) is 1. The molecule has 1 fully saturated rings. The van der Waals surface area contributed by atoms with Crippen LogP contribution >= 0.6 is 0 Å². The lowest BCUT2D eigenvalue weighted by atomic mass is 9.88. The first-order chi connectivity index (χ1) is 16.1. The Kier molecular flexibility index (Phi) is 13.7. The van der Waals surface area contributed by atoms with Crippen LogP contribution in [0.25, 0.3) is 0 Å². The maximum atomic E-state index is 13.0. The Morgan fingerprint density at radius 2 is 1.82 bits per heavy atom. The molecule has 33 heavy (non-hydrogen) atoms. The zero-order chi connectivity index (χ0) is 24.6. The monoisotopic (exact) mass is 456 g/mol. The van der Waals surface area contributed by atoms with Crippen molar-refractivity contribution in [3.8, 4) is 12.8 Å². The van der Waals surface area contributed by atoms with Crippen LogP contribution in [0.3, 0.4) is 0 Å². The van der Waals surface area contributed by atoms with Gasteiger partial charge in [-0.1, -0.05) is 36.4 Å². The van der Waals surface area contributed by atoms with Crippen LogP contribution in [0.4, 0.5) is 4.39 Å². The van der Waals surface area contributed by atoms with Crippen LogP contribution in [-0.4, -0.2) is 50.3 Å². The molecule has 1 amide bonds. The van der Waals surface area contributed by atoms with Gasteiger partial charge in [0.1, 0.15) is 5.82 Å². The van der Waals surface area contributed by atoms with Crippen molar-refractivity contribution in [3.05, 3.63) is 71.0 Å². The van der Waals surface area contributed by atoms with Crippen molar-refractivity contribution < 1.29 is 18.7 Å². The van der Waals surface area contributed by atoms with Crippen molar-refractivity contribution in [1.82, 2.24) is 4.90 Å². The number of benzene rings is 2. The van der Waals surface area contributed by atoms with Gasteiger partial charge in [-0.05, 0) is 69.0 Å². The second-order valence-electron chi connectivity index (χ2n) is 7.54. The number of fused-ring (bicyclic) bond motifs is 1. The summed E-state index contributed by atoms with van der Waals surface area (Å²) in [6, 6.07) is 14.4. The predicted molar refractivity (Wildman–Crippen MR) is 131 cm³/mol. The molecule has 1 unspecified atom stereocenters. The molecular formula is C27H37FN2O3. The van der Waals surface area contributed by atoms with Gasteiger partial charge in [0.25, 0.3) is 0 Å². The number of carbonyl (C=O) groups excluding carboxylic acids is 1. The summed E-state index contributed by atoms with van der Waals surface area (Å²) in [5.74, 6) is -0.259. The van der Waals surface area contributed by atoms with Crippen LogP contribution in [0, 0.1) is 18.7 Å². The summed E-state index contributed by atoms with van der Waals surface area (Å²) >= 11 is 0. The molecule has 5 nitrogen and oxygen atoms in total. The highest BCUT2D eigenvalue weighted by Gasteiger charge is 2.27. The lowest BCUT2D eigenvalue weighted by Gasteiger charge is -2.35. The van der Waals surface area contributed by atoms with E-state index < -0.39 is 0 Å². The Morgan fingerprint density at radius 1 is 1.15 bits per heavy atom. The molecule has 0 aliphatic carbocycles. The Balaban J connectivity index is 0.000000330. The third-order valence-corrected chi connectivity index (χ3v) is 5.51. The highest BCUT2D eigenvalue weighted by atomic mass is 19.1. The first-order valence-electron chi connectivity index (χ1n) is 11.3. The zero-order valence-electron chi connectivity index (χ0n) is 20.0. The minimum absolute atomic E-state index is 0.108. The number of amides is 1. The van der Waals surface area contributed by atoms with E-state index in [9.17, 15) is 9.18 Å². The molecule has 3 atom stereocenters. The number of rotatable bonds is 4. The summed E-state index contributed by atoms with van der Waals surface area (Å²) in [5.41, 5.74) is 7.84. The summed E-state index contributed by atoms with van der Waals surface area (Å²) in [6.07, 6.45) is 12.9. The summed E-state index contributed by atoms with van der Waals surface area (Å²) in [6.45, 7) is 6.43. The summed E-state index contributed by atoms with van der Waals surface area (Å²) < 4.78 is 23.9. The lowest BCUT2D eigenvalue weighted by Crippen LogP contribution is -2.34. The van der Waals surface area contributed by atoms with Gasteiger partial charge in [-0.25, -0.2) is 4.39 Å². The van der Waals surface area contributed by atoms with E-state index in [4.69, 9.17) is 9.47 Å². The van der Waals surface area contributed by atoms with Crippen molar-refractivity contribution in [2.75, 3.05) is 26.8 Å². The topological polar surface area (TPSA) is 64.8 Å². The fraction of sp³-hybridized carbons (Fsp3) is 0.444. The molecule has 2 aromatic rings. The molecule has 0 bridgehead atoms. The fourth-order valence-electron chi connectivity index (χ4n) is 3.94. The van der Waals surface area contributed by atoms with Gasteiger partial charge in [-0.2, -0.15) is 0 Å². The predicted octanol–water partition coefficient (Wildman–Crippen LogP) is 4.34. The Morgan fingerprint density at radius 3 is 2.39 bits per heavy atom. The second-order valence-corrected chi connectivity index (χ2v) is 7.54. The van der Waals surface area contributed by atoms with Gasteiger partial charge in [0, 0.05) is 13.2 Å². The lowest BCUT2D eigenvalue weighted by molar-refractivity contribution is -0.119. The van der Waals surface area contributed by atoms with Crippen molar-refractivity contribution >= 4 is 6.41 Å². The molecule has 0 radical (unpaired) electrons. The van der Waals surface area contributed by atoms with Crippen LogP contribution in [0.2, 0.25) is 0 Å². The maximum Gasteiger partial charge on any atom is 0.210 e. The van der Waals surface area contributed by atoms with Gasteiger partial charge in [-0.15, -0.1) is 12.8 Å². The van der Waals surface area contributed by atoms with E-state index in [1.54, 1.807) is 17.0 Å². The highest BCUT2D eigenvalue weighted by Crippen LogP contribution is 2.34. The van der Waals surface area contributed by atoms with E-state index >= 15 is 0 Å². The molecule has 0 aromatic heterocycles. The van der Waals surface area contributed by atoms with Gasteiger partial charge in [-0.3, -0.25) is 4.79 Å². The SMILES string of the molecule is C#C.CCOC1CC[C@H](C)OC1.CN.O=CN1CCc2ccccc2[C@@H]1c1ccc(F)cc1. The average Bonchev–Trinajstić information content (AvgIpc) is 2.88. The van der Waals surface area contributed by atoms with Crippen molar-refractivity contribution in [2.45, 2.75) is 51.4 Å². The number of terminal acetylenes is 1. The first-order valence-corrected chi connectivity index (χ1v) is 11.3. The summed E-state index contributed by atoms with van der Waals surface area (Å²) in [4.78, 5) is 13.0. The van der Waals surface area contributed by atoms with E-state index in [1.165, 1.54) is 24.7 Å². The molecule has 6 heteroatoms. The van der Waals surface area contributed by atoms with E-state index in [0.29, 0.717) is 18.8 Å². The van der Waals surface area contributed by atoms with Gasteiger partial charge in [0.05, 0.1) is 24.9 Å². The van der Waals surface area contributed by atoms with Crippen molar-refractivity contribution in [2.24, 2.45) is 5.73 Å². The number of nitrogens with zero attached hydrogens (tertiary/aromatic N) is 1. The third kappa shape index (κ3) is 8.62. The number of hydrogen-bond acceptors (Lipinski definition) is 4. The van der Waals surface area contributed by atoms with Crippen LogP contribution in [-0.2, 0) is 20.7 Å². The molecule has 2 aliphatic rings. The average molecular weight is 457 g/mol. The van der Waals surface area contributed by atoms with Crippen LogP contribution in [0.1, 0.15) is 49.4 Å². The quantitative estimate of drug-likeness (QED) is 0.549. The third-order valence-electron chi connectivity index (χ3n) is 5.51. The number of halogens is 1. The molecular weight excluding hydrogens is 419 g/mol. The summed E-state index contributed by atoms with van der Waals surface area (Å²) in [5, 5.41) is 0. The van der Waals surface area contributed by atoms with Crippen LogP contribution < -0.4 is 5.73 Å². The van der Waals surface area contributed by atoms with Crippen LogP contribution in [0.5, 0.6) is 0 Å². The first kappa shape index (κ1) is 28.3. The van der Waals surface area contributed by atoms with Gasteiger partial charge in [0.15, 0.2) is 0 Å². The van der Waals surface area contributed by atoms with Gasteiger partial charge in [0.2, 0.25) is 6.41 Å². The second kappa shape index (κ2) is 16.0. The minimum atomic E-state index is -0.259. The van der Waals surface area contributed by atoms with Crippen molar-refractivity contribution in [3.63, 3.8) is 0 Å². The molecule has 0 saturated carbocycles. The standard InChI is InChI=1S/C16H14FNO.C8H16O2.C2H2.CH5N/c17-14-7-5-13(6-8-14)16-15-4-2-1-3-12(15)9-10-18(16)11-19;1-3-9-8-5-4-7(2)10-6-8;2*1-2/h1-8,11,16H,9-10H2;7-8H,3-6H2,1-2H3;1-2H;2H2,1H3/t16-;7-,8?;;/m00../s1. The molecule has 4 rings (SSSR count). The molecule has 2 aliphatic heterocycles. The maximum absolute atomic E-state index is 13.0. The van der Waals surface area contributed by atoms with Gasteiger partial charge >= 0.3 is 0 Å². The summed E-state index contributed by atoms with van der Waals surface area (Å²) in [7, 11) is 1.50. The molecule has 2 N–H and O–H groups in total. The molecule has 2 heterocycles. The normalized spacial score (nSPS) is 20.9. The van der Waals surface area contributed by atoms with Gasteiger partial charge < -0.3 is 20.1 Å². The largest absolute Gasteiger partial charge is 0.376 e. The molecule has 2 aromatic carbocycles. The van der Waals surface area contributed by atoms with Crippen molar-refractivity contribution in [1.29, 1.82) is 0 Å². The van der Waals surface area contributed by atoms with E-state index in [-0.39, 0.29) is 11.9 Å². The van der Waals surface area contributed by atoms with E-state index in [1.807, 2.05) is 25.1 Å². The molecule has 0 spiro atoms. The highest BCUT2D eigenvalue weighted by molar-refractivity contribution is 5.54. The molecule has 180 valence electrons. The Hall–Kier alpha value is -2.72. The fourth-order valence-corrected chi connectivity index (χ4v) is 3.94. The smallest absolute Gasteiger partial charge is 0.210 e. The molecule has 1 saturated heterocycles.